The molecule has 30 heavy (non-hydrogen) atoms. The Morgan fingerprint density at radius 2 is 1.77 bits per heavy atom. The minimum Gasteiger partial charge on any atom is -0.493 e. The zero-order valence-electron chi connectivity index (χ0n) is 18.4. The zero-order valence-corrected chi connectivity index (χ0v) is 18.4. The van der Waals surface area contributed by atoms with Crippen molar-refractivity contribution >= 4 is 5.97 Å². The van der Waals surface area contributed by atoms with Gasteiger partial charge in [0.2, 0.25) is 0 Å². The van der Waals surface area contributed by atoms with Crippen molar-refractivity contribution < 1.29 is 19.0 Å². The second-order valence-corrected chi connectivity index (χ2v) is 8.43. The predicted molar refractivity (Wildman–Crippen MR) is 116 cm³/mol. The quantitative estimate of drug-likeness (QED) is 0.553. The minimum absolute atomic E-state index is 0.00989. The predicted octanol–water partition coefficient (Wildman–Crippen LogP) is 3.52. The number of methoxy groups -OCH3 is 2. The van der Waals surface area contributed by atoms with Crippen LogP contribution >= 0.6 is 0 Å². The first-order valence-electron chi connectivity index (χ1n) is 9.69. The second kappa shape index (κ2) is 7.89. The van der Waals surface area contributed by atoms with E-state index in [9.17, 15) is 9.59 Å². The molecule has 1 aromatic carbocycles. The van der Waals surface area contributed by atoms with Crippen molar-refractivity contribution in [3.05, 3.63) is 57.9 Å². The maximum Gasteiger partial charge on any atom is 0.344 e. The van der Waals surface area contributed by atoms with Gasteiger partial charge in [-0.15, -0.1) is 0 Å². The van der Waals surface area contributed by atoms with Crippen molar-refractivity contribution in [1.29, 1.82) is 0 Å². The van der Waals surface area contributed by atoms with Crippen LogP contribution in [-0.4, -0.2) is 37.0 Å². The molecule has 2 aromatic rings. The van der Waals surface area contributed by atoms with E-state index in [2.05, 4.69) is 6.58 Å². The highest BCUT2D eigenvalue weighted by Gasteiger charge is 2.27. The van der Waals surface area contributed by atoms with Gasteiger partial charge in [-0.05, 0) is 45.4 Å². The number of benzene rings is 1. The number of hydrogen-bond acceptors (Lipinski definition) is 6. The van der Waals surface area contributed by atoms with Crippen LogP contribution in [0, 0.1) is 0 Å². The number of nitrogens with zero attached hydrogens (tertiary/aromatic N) is 2. The van der Waals surface area contributed by atoms with E-state index in [-0.39, 0.29) is 5.56 Å². The minimum atomic E-state index is -0.696. The van der Waals surface area contributed by atoms with E-state index in [1.807, 2.05) is 28.7 Å². The third kappa shape index (κ3) is 4.20. The van der Waals surface area contributed by atoms with Gasteiger partial charge in [-0.25, -0.2) is 4.79 Å². The van der Waals surface area contributed by atoms with E-state index in [4.69, 9.17) is 14.2 Å². The van der Waals surface area contributed by atoms with Crippen LogP contribution in [0.4, 0.5) is 0 Å². The highest BCUT2D eigenvalue weighted by Crippen LogP contribution is 2.38. The molecular formula is C23H28N2O5. The summed E-state index contributed by atoms with van der Waals surface area (Å²) in [5.41, 5.74) is 2.34. The molecule has 0 saturated heterocycles. The van der Waals surface area contributed by atoms with Crippen molar-refractivity contribution in [2.24, 2.45) is 0 Å². The molecule has 0 aliphatic carbocycles. The van der Waals surface area contributed by atoms with Crippen molar-refractivity contribution in [1.82, 2.24) is 4.68 Å². The highest BCUT2D eigenvalue weighted by molar-refractivity contribution is 5.90. The van der Waals surface area contributed by atoms with Gasteiger partial charge in [-0.3, -0.25) is 9.47 Å². The van der Waals surface area contributed by atoms with Crippen molar-refractivity contribution in [3.8, 4) is 22.8 Å². The van der Waals surface area contributed by atoms with E-state index in [0.29, 0.717) is 30.3 Å². The first-order chi connectivity index (χ1) is 14.0. The molecule has 1 aromatic heterocycles. The average Bonchev–Trinajstić information content (AvgIpc) is 2.64. The topological polar surface area (TPSA) is 70.0 Å². The number of ether oxygens (including phenoxy) is 3. The molecule has 0 fully saturated rings. The fourth-order valence-corrected chi connectivity index (χ4v) is 3.45. The summed E-state index contributed by atoms with van der Waals surface area (Å²) in [5, 5.41) is 2.01. The Balaban J connectivity index is 2.20. The molecule has 2 heterocycles. The summed E-state index contributed by atoms with van der Waals surface area (Å²) < 4.78 is 18.1. The third-order valence-electron chi connectivity index (χ3n) is 4.65. The van der Waals surface area contributed by atoms with Crippen LogP contribution in [0.15, 0.2) is 41.3 Å². The highest BCUT2D eigenvalue weighted by atomic mass is 16.6. The van der Waals surface area contributed by atoms with Crippen molar-refractivity contribution in [2.45, 2.75) is 39.8 Å². The molecule has 3 rings (SSSR count). The summed E-state index contributed by atoms with van der Waals surface area (Å²) >= 11 is 0. The molecule has 0 radical (unpaired) electrons. The number of fused-ring (bicyclic) bond motifs is 3. The number of hydrogen-bond donors (Lipinski definition) is 0. The summed E-state index contributed by atoms with van der Waals surface area (Å²) in [7, 11) is 3.16. The number of carbonyl (C=O) groups excluding carboxylic acids is 1. The Morgan fingerprint density at radius 1 is 1.13 bits per heavy atom. The van der Waals surface area contributed by atoms with Crippen LogP contribution in [0.25, 0.3) is 11.3 Å². The normalized spacial score (nSPS) is 12.7. The molecule has 0 N–H and O–H groups in total. The zero-order chi connectivity index (χ0) is 22.2. The van der Waals surface area contributed by atoms with E-state index in [0.717, 1.165) is 16.7 Å². The number of aromatic nitrogens is 1. The van der Waals surface area contributed by atoms with Gasteiger partial charge in [0, 0.05) is 17.8 Å². The van der Waals surface area contributed by atoms with Gasteiger partial charge in [-0.1, -0.05) is 12.2 Å². The molecule has 0 saturated carbocycles. The van der Waals surface area contributed by atoms with E-state index in [1.165, 1.54) is 6.07 Å². The van der Waals surface area contributed by atoms with Gasteiger partial charge in [0.25, 0.3) is 0 Å². The lowest BCUT2D eigenvalue weighted by Crippen LogP contribution is -2.41. The molecule has 160 valence electrons. The van der Waals surface area contributed by atoms with Gasteiger partial charge in [-0.2, -0.15) is 0 Å². The van der Waals surface area contributed by atoms with Gasteiger partial charge < -0.3 is 19.2 Å². The molecule has 1 aliphatic heterocycles. The molecule has 0 bridgehead atoms. The maximum absolute atomic E-state index is 12.8. The lowest BCUT2D eigenvalue weighted by molar-refractivity contribution is 0.00671. The molecule has 0 amide bonds. The summed E-state index contributed by atoms with van der Waals surface area (Å²) in [6.07, 6.45) is 1.55. The lowest BCUT2D eigenvalue weighted by Gasteiger charge is -2.36. The first-order valence-corrected chi connectivity index (χ1v) is 9.69. The smallest absolute Gasteiger partial charge is 0.344 e. The van der Waals surface area contributed by atoms with E-state index < -0.39 is 17.0 Å². The number of pyridine rings is 1. The Morgan fingerprint density at radius 3 is 2.33 bits per heavy atom. The van der Waals surface area contributed by atoms with Gasteiger partial charge in [0.05, 0.1) is 33.0 Å². The Kier molecular flexibility index (Phi) is 5.65. The summed E-state index contributed by atoms with van der Waals surface area (Å²) in [6, 6.07) is 5.23. The van der Waals surface area contributed by atoms with Crippen LogP contribution in [0.3, 0.4) is 0 Å². The standard InChI is InChI=1S/C23H28N2O5/c1-14(2)11-24-12-15-8-20(28-6)21(29-7)9-16(15)18-10-19(26)17(13-25(18)24)22(27)30-23(3,4)5/h8-10,13H,1,11-12H2,2-7H3. The molecule has 0 unspecified atom stereocenters. The molecule has 7 heteroatoms. The van der Waals surface area contributed by atoms with Crippen LogP contribution in [-0.2, 0) is 11.3 Å². The number of esters is 1. The first kappa shape index (κ1) is 21.5. The summed E-state index contributed by atoms with van der Waals surface area (Å²) in [5.74, 6) is 0.545. The molecular weight excluding hydrogens is 384 g/mol. The Bertz CT molecular complexity index is 1060. The third-order valence-corrected chi connectivity index (χ3v) is 4.65. The number of rotatable bonds is 5. The fourth-order valence-electron chi connectivity index (χ4n) is 3.45. The number of carbonyl (C=O) groups is 1. The largest absolute Gasteiger partial charge is 0.493 e. The molecule has 0 atom stereocenters. The van der Waals surface area contributed by atoms with E-state index >= 15 is 0 Å². The van der Waals surface area contributed by atoms with Crippen LogP contribution in [0.1, 0.15) is 43.6 Å². The summed E-state index contributed by atoms with van der Waals surface area (Å²) in [6.45, 7) is 12.3. The van der Waals surface area contributed by atoms with Crippen LogP contribution < -0.4 is 19.9 Å². The second-order valence-electron chi connectivity index (χ2n) is 8.43. The van der Waals surface area contributed by atoms with Gasteiger partial charge in [0.1, 0.15) is 11.2 Å². The lowest BCUT2D eigenvalue weighted by atomic mass is 9.99. The van der Waals surface area contributed by atoms with Gasteiger partial charge >= 0.3 is 5.97 Å². The van der Waals surface area contributed by atoms with Crippen molar-refractivity contribution in [2.75, 3.05) is 25.8 Å². The van der Waals surface area contributed by atoms with Gasteiger partial charge in [0.15, 0.2) is 16.9 Å². The monoisotopic (exact) mass is 412 g/mol. The Labute approximate surface area is 176 Å². The average molecular weight is 412 g/mol. The Hall–Kier alpha value is -3.22. The molecule has 0 spiro atoms. The maximum atomic E-state index is 12.8. The van der Waals surface area contributed by atoms with Crippen molar-refractivity contribution in [3.63, 3.8) is 0 Å². The molecule has 1 aliphatic rings. The fraction of sp³-hybridized carbons (Fsp3) is 0.391. The van der Waals surface area contributed by atoms with Crippen LogP contribution in [0.5, 0.6) is 11.5 Å². The van der Waals surface area contributed by atoms with E-state index in [1.54, 1.807) is 41.2 Å². The SMILES string of the molecule is C=C(C)CN1Cc2cc(OC)c(OC)cc2-c2cc(=O)c(C(=O)OC(C)(C)C)cn21. The summed E-state index contributed by atoms with van der Waals surface area (Å²) in [4.78, 5) is 25.4. The molecule has 7 nitrogen and oxygen atoms in total. The van der Waals surface area contributed by atoms with Crippen LogP contribution in [0.2, 0.25) is 0 Å².